The Kier molecular flexibility index (Phi) is 7.53. The summed E-state index contributed by atoms with van der Waals surface area (Å²) >= 11 is 0. The van der Waals surface area contributed by atoms with Crippen LogP contribution in [-0.4, -0.2) is 58.6 Å². The highest BCUT2D eigenvalue weighted by molar-refractivity contribution is 5.93. The number of ether oxygens (including phenoxy) is 4. The fourth-order valence-electron chi connectivity index (χ4n) is 2.56. The number of carbonyl (C=O) groups excluding carboxylic acids is 2. The minimum absolute atomic E-state index is 0.248. The molecule has 0 bridgehead atoms. The van der Waals surface area contributed by atoms with E-state index in [9.17, 15) is 9.59 Å². The third kappa shape index (κ3) is 5.63. The van der Waals surface area contributed by atoms with E-state index in [1.54, 1.807) is 19.1 Å². The standard InChI is InChI=1S/C18H25NO6/c1-3-24-17(20)5-4-10-25-16-7-6-14(13-15(16)18(21)22-2)19-8-11-23-12-9-19/h6-7,13H,3-5,8-12H2,1-2H3. The Morgan fingerprint density at radius 2 is 2.00 bits per heavy atom. The minimum atomic E-state index is -0.449. The number of anilines is 1. The topological polar surface area (TPSA) is 74.3 Å². The zero-order chi connectivity index (χ0) is 18.1. The molecule has 0 spiro atoms. The van der Waals surface area contributed by atoms with Crippen molar-refractivity contribution in [2.75, 3.05) is 51.5 Å². The average Bonchev–Trinajstić information content (AvgIpc) is 2.65. The first-order valence-corrected chi connectivity index (χ1v) is 8.49. The molecule has 0 aromatic heterocycles. The molecule has 1 aliphatic rings. The summed E-state index contributed by atoms with van der Waals surface area (Å²) in [6.45, 7) is 5.35. The maximum absolute atomic E-state index is 12.1. The molecule has 1 aromatic rings. The predicted octanol–water partition coefficient (Wildman–Crippen LogP) is 2.03. The maximum Gasteiger partial charge on any atom is 0.341 e. The highest BCUT2D eigenvalue weighted by Gasteiger charge is 2.18. The summed E-state index contributed by atoms with van der Waals surface area (Å²) in [6.07, 6.45) is 0.803. The molecule has 1 fully saturated rings. The van der Waals surface area contributed by atoms with Gasteiger partial charge in [-0.1, -0.05) is 0 Å². The number of benzene rings is 1. The van der Waals surface area contributed by atoms with Crippen molar-refractivity contribution in [1.29, 1.82) is 0 Å². The van der Waals surface area contributed by atoms with E-state index in [1.165, 1.54) is 7.11 Å². The smallest absolute Gasteiger partial charge is 0.341 e. The summed E-state index contributed by atoms with van der Waals surface area (Å²) in [5.41, 5.74) is 1.31. The van der Waals surface area contributed by atoms with Crippen LogP contribution in [0.2, 0.25) is 0 Å². The molecule has 2 rings (SSSR count). The van der Waals surface area contributed by atoms with Gasteiger partial charge >= 0.3 is 11.9 Å². The molecular weight excluding hydrogens is 326 g/mol. The summed E-state index contributed by atoms with van der Waals surface area (Å²) in [5.74, 6) is -0.245. The van der Waals surface area contributed by atoms with Crippen molar-refractivity contribution < 1.29 is 28.5 Å². The van der Waals surface area contributed by atoms with Gasteiger partial charge in [0.05, 0.1) is 33.5 Å². The van der Waals surface area contributed by atoms with Crippen LogP contribution in [0, 0.1) is 0 Å². The van der Waals surface area contributed by atoms with Gasteiger partial charge in [-0.2, -0.15) is 0 Å². The predicted molar refractivity (Wildman–Crippen MR) is 92.2 cm³/mol. The quantitative estimate of drug-likeness (QED) is 0.524. The zero-order valence-corrected chi connectivity index (χ0v) is 14.8. The van der Waals surface area contributed by atoms with E-state index in [0.717, 1.165) is 18.8 Å². The van der Waals surface area contributed by atoms with Gasteiger partial charge in [0, 0.05) is 25.2 Å². The van der Waals surface area contributed by atoms with Gasteiger partial charge in [-0.15, -0.1) is 0 Å². The first kappa shape index (κ1) is 19.1. The fraction of sp³-hybridized carbons (Fsp3) is 0.556. The summed E-state index contributed by atoms with van der Waals surface area (Å²) in [5, 5.41) is 0. The Morgan fingerprint density at radius 1 is 1.24 bits per heavy atom. The van der Waals surface area contributed by atoms with Gasteiger partial charge in [0.15, 0.2) is 0 Å². The first-order chi connectivity index (χ1) is 12.2. The first-order valence-electron chi connectivity index (χ1n) is 8.49. The van der Waals surface area contributed by atoms with Crippen molar-refractivity contribution in [3.63, 3.8) is 0 Å². The second kappa shape index (κ2) is 9.88. The molecule has 1 saturated heterocycles. The van der Waals surface area contributed by atoms with Crippen LogP contribution in [0.25, 0.3) is 0 Å². The minimum Gasteiger partial charge on any atom is -0.493 e. The Bertz CT molecular complexity index is 583. The normalized spacial score (nSPS) is 14.1. The van der Waals surface area contributed by atoms with E-state index in [4.69, 9.17) is 18.9 Å². The van der Waals surface area contributed by atoms with Gasteiger partial charge in [-0.05, 0) is 31.5 Å². The SMILES string of the molecule is CCOC(=O)CCCOc1ccc(N2CCOCC2)cc1C(=O)OC. The number of morpholine rings is 1. The van der Waals surface area contributed by atoms with E-state index < -0.39 is 5.97 Å². The maximum atomic E-state index is 12.1. The van der Waals surface area contributed by atoms with Crippen molar-refractivity contribution in [2.24, 2.45) is 0 Å². The summed E-state index contributed by atoms with van der Waals surface area (Å²) < 4.78 is 20.8. The molecule has 0 amide bonds. The van der Waals surface area contributed by atoms with E-state index in [2.05, 4.69) is 4.90 Å². The highest BCUT2D eigenvalue weighted by atomic mass is 16.5. The molecule has 0 aliphatic carbocycles. The second-order valence-electron chi connectivity index (χ2n) is 5.53. The molecule has 1 heterocycles. The van der Waals surface area contributed by atoms with Crippen molar-refractivity contribution in [2.45, 2.75) is 19.8 Å². The number of rotatable bonds is 8. The van der Waals surface area contributed by atoms with Gasteiger partial charge in [0.25, 0.3) is 0 Å². The molecule has 0 unspecified atom stereocenters. The molecular formula is C18H25NO6. The lowest BCUT2D eigenvalue weighted by Crippen LogP contribution is -2.36. The summed E-state index contributed by atoms with van der Waals surface area (Å²) in [4.78, 5) is 25.6. The lowest BCUT2D eigenvalue weighted by molar-refractivity contribution is -0.143. The molecule has 7 heteroatoms. The van der Waals surface area contributed by atoms with Gasteiger partial charge in [-0.25, -0.2) is 4.79 Å². The lowest BCUT2D eigenvalue weighted by Gasteiger charge is -2.29. The number of nitrogens with zero attached hydrogens (tertiary/aromatic N) is 1. The Hall–Kier alpha value is -2.28. The highest BCUT2D eigenvalue weighted by Crippen LogP contribution is 2.27. The van der Waals surface area contributed by atoms with Crippen LogP contribution in [0.1, 0.15) is 30.1 Å². The Labute approximate surface area is 147 Å². The van der Waals surface area contributed by atoms with Crippen LogP contribution < -0.4 is 9.64 Å². The number of methoxy groups -OCH3 is 1. The third-order valence-electron chi connectivity index (χ3n) is 3.83. The molecule has 138 valence electrons. The van der Waals surface area contributed by atoms with Gasteiger partial charge in [-0.3, -0.25) is 4.79 Å². The van der Waals surface area contributed by atoms with Gasteiger partial charge < -0.3 is 23.8 Å². The average molecular weight is 351 g/mol. The monoisotopic (exact) mass is 351 g/mol. The molecule has 0 radical (unpaired) electrons. The molecule has 0 atom stereocenters. The number of hydrogen-bond acceptors (Lipinski definition) is 7. The van der Waals surface area contributed by atoms with E-state index in [0.29, 0.717) is 44.2 Å². The van der Waals surface area contributed by atoms with Gasteiger partial charge in [0.2, 0.25) is 0 Å². The van der Waals surface area contributed by atoms with Crippen molar-refractivity contribution in [3.8, 4) is 5.75 Å². The van der Waals surface area contributed by atoms with E-state index in [-0.39, 0.29) is 12.4 Å². The van der Waals surface area contributed by atoms with Crippen LogP contribution >= 0.6 is 0 Å². The van der Waals surface area contributed by atoms with Crippen molar-refractivity contribution in [1.82, 2.24) is 0 Å². The van der Waals surface area contributed by atoms with Crippen LogP contribution in [0.3, 0.4) is 0 Å². The fourth-order valence-corrected chi connectivity index (χ4v) is 2.56. The van der Waals surface area contributed by atoms with Gasteiger partial charge in [0.1, 0.15) is 11.3 Å². The van der Waals surface area contributed by atoms with E-state index >= 15 is 0 Å². The van der Waals surface area contributed by atoms with Crippen molar-refractivity contribution in [3.05, 3.63) is 23.8 Å². The number of hydrogen-bond donors (Lipinski definition) is 0. The van der Waals surface area contributed by atoms with Crippen LogP contribution in [0.4, 0.5) is 5.69 Å². The molecule has 0 saturated carbocycles. The van der Waals surface area contributed by atoms with Crippen LogP contribution in [0.5, 0.6) is 5.75 Å². The molecule has 0 N–H and O–H groups in total. The lowest BCUT2D eigenvalue weighted by atomic mass is 10.1. The number of carbonyl (C=O) groups is 2. The molecule has 25 heavy (non-hydrogen) atoms. The zero-order valence-electron chi connectivity index (χ0n) is 14.8. The largest absolute Gasteiger partial charge is 0.493 e. The van der Waals surface area contributed by atoms with E-state index in [1.807, 2.05) is 6.07 Å². The second-order valence-corrected chi connectivity index (χ2v) is 5.53. The van der Waals surface area contributed by atoms with Crippen LogP contribution in [0.15, 0.2) is 18.2 Å². The molecule has 7 nitrogen and oxygen atoms in total. The summed E-state index contributed by atoms with van der Waals surface area (Å²) in [7, 11) is 1.34. The Balaban J connectivity index is 2.01. The van der Waals surface area contributed by atoms with Crippen molar-refractivity contribution >= 4 is 17.6 Å². The number of esters is 2. The Morgan fingerprint density at radius 3 is 2.68 bits per heavy atom. The van der Waals surface area contributed by atoms with Crippen LogP contribution in [-0.2, 0) is 19.0 Å². The molecule has 1 aliphatic heterocycles. The molecule has 1 aromatic carbocycles. The third-order valence-corrected chi connectivity index (χ3v) is 3.83. The summed E-state index contributed by atoms with van der Waals surface area (Å²) in [6, 6.07) is 5.46.